The van der Waals surface area contributed by atoms with Crippen molar-refractivity contribution < 1.29 is 14.7 Å². The number of nitrogens with one attached hydrogen (secondary N) is 1. The molecule has 10 heteroatoms. The van der Waals surface area contributed by atoms with Crippen LogP contribution in [-0.2, 0) is 16.1 Å². The van der Waals surface area contributed by atoms with E-state index in [-0.39, 0.29) is 24.3 Å². The highest BCUT2D eigenvalue weighted by Crippen LogP contribution is 2.39. The fourth-order valence-corrected chi connectivity index (χ4v) is 4.98. The van der Waals surface area contributed by atoms with Crippen molar-refractivity contribution in [2.45, 2.75) is 40.2 Å². The summed E-state index contributed by atoms with van der Waals surface area (Å²) in [6.45, 7) is 6.02. The lowest BCUT2D eigenvalue weighted by molar-refractivity contribution is -0.138. The van der Waals surface area contributed by atoms with Gasteiger partial charge >= 0.3 is 5.97 Å². The standard InChI is InChI=1S/C29H26Cl3N3O4/c1-15(2)14-35-28-22(26(16(3)29(35)39)33-24(36)10-11-25(37)38)13-21(17-4-6-18(30)7-5-17)27(34-28)20-9-8-19(31)12-23(20)32/h4-9,12-13,15H,10-11,14H2,1-3H3,(H,33,36)(H,37,38). The summed E-state index contributed by atoms with van der Waals surface area (Å²) in [5, 5.41) is 13.7. The van der Waals surface area contributed by atoms with Crippen molar-refractivity contribution in [3.05, 3.63) is 79.5 Å². The molecule has 0 unspecified atom stereocenters. The molecule has 4 rings (SSSR count). The van der Waals surface area contributed by atoms with Crippen molar-refractivity contribution in [2.24, 2.45) is 5.92 Å². The summed E-state index contributed by atoms with van der Waals surface area (Å²) < 4.78 is 1.60. The molecule has 202 valence electrons. The molecular formula is C29H26Cl3N3O4. The van der Waals surface area contributed by atoms with Crippen molar-refractivity contribution >= 4 is 63.4 Å². The molecule has 1 amide bonds. The normalized spacial score (nSPS) is 11.3. The van der Waals surface area contributed by atoms with E-state index in [0.29, 0.717) is 60.7 Å². The Bertz CT molecular complexity index is 1650. The lowest BCUT2D eigenvalue weighted by Crippen LogP contribution is -2.28. The quantitative estimate of drug-likeness (QED) is 0.223. The van der Waals surface area contributed by atoms with E-state index in [0.717, 1.165) is 5.56 Å². The molecule has 2 aromatic carbocycles. The highest BCUT2D eigenvalue weighted by molar-refractivity contribution is 6.36. The fraction of sp³-hybridized carbons (Fsp3) is 0.241. The number of aromatic nitrogens is 2. The number of carbonyl (C=O) groups is 2. The van der Waals surface area contributed by atoms with Gasteiger partial charge in [-0.3, -0.25) is 19.0 Å². The Morgan fingerprint density at radius 2 is 1.64 bits per heavy atom. The van der Waals surface area contributed by atoms with Crippen LogP contribution in [0.15, 0.2) is 53.3 Å². The number of aliphatic carboxylic acids is 1. The first kappa shape index (κ1) is 28.6. The van der Waals surface area contributed by atoms with E-state index in [1.165, 1.54) is 0 Å². The molecule has 0 atom stereocenters. The lowest BCUT2D eigenvalue weighted by Gasteiger charge is -2.20. The minimum atomic E-state index is -1.09. The van der Waals surface area contributed by atoms with Crippen LogP contribution in [0.2, 0.25) is 15.1 Å². The summed E-state index contributed by atoms with van der Waals surface area (Å²) in [7, 11) is 0. The zero-order valence-electron chi connectivity index (χ0n) is 21.5. The maximum absolute atomic E-state index is 13.6. The molecule has 2 N–H and O–H groups in total. The lowest BCUT2D eigenvalue weighted by atomic mass is 9.97. The minimum absolute atomic E-state index is 0.126. The van der Waals surface area contributed by atoms with E-state index in [4.69, 9.17) is 44.9 Å². The maximum atomic E-state index is 13.6. The van der Waals surface area contributed by atoms with Crippen molar-refractivity contribution in [1.82, 2.24) is 9.55 Å². The van der Waals surface area contributed by atoms with Gasteiger partial charge in [-0.15, -0.1) is 0 Å². The Balaban J connectivity index is 2.08. The van der Waals surface area contributed by atoms with Crippen LogP contribution < -0.4 is 10.9 Å². The van der Waals surface area contributed by atoms with E-state index in [1.54, 1.807) is 41.8 Å². The summed E-state index contributed by atoms with van der Waals surface area (Å²) in [6.07, 6.45) is -0.567. The molecule has 0 spiro atoms. The number of nitrogens with zero attached hydrogens (tertiary/aromatic N) is 2. The predicted molar refractivity (Wildman–Crippen MR) is 157 cm³/mol. The Kier molecular flexibility index (Phi) is 8.64. The number of amides is 1. The van der Waals surface area contributed by atoms with Crippen molar-refractivity contribution in [3.63, 3.8) is 0 Å². The Morgan fingerprint density at radius 3 is 2.26 bits per heavy atom. The first-order valence-corrected chi connectivity index (χ1v) is 13.4. The number of pyridine rings is 2. The van der Waals surface area contributed by atoms with E-state index in [1.807, 2.05) is 32.0 Å². The highest BCUT2D eigenvalue weighted by atomic mass is 35.5. The summed E-state index contributed by atoms with van der Waals surface area (Å²) in [6, 6.07) is 14.2. The molecule has 2 heterocycles. The second-order valence-electron chi connectivity index (χ2n) is 9.64. The van der Waals surface area contributed by atoms with Crippen molar-refractivity contribution in [2.75, 3.05) is 5.32 Å². The first-order valence-electron chi connectivity index (χ1n) is 12.3. The number of hydrogen-bond donors (Lipinski definition) is 2. The van der Waals surface area contributed by atoms with Gasteiger partial charge in [-0.25, -0.2) is 4.98 Å². The minimum Gasteiger partial charge on any atom is -0.481 e. The molecule has 0 aliphatic heterocycles. The fourth-order valence-electron chi connectivity index (χ4n) is 4.36. The Morgan fingerprint density at radius 1 is 0.974 bits per heavy atom. The van der Waals surface area contributed by atoms with Crippen molar-refractivity contribution in [3.8, 4) is 22.4 Å². The molecule has 2 aromatic heterocycles. The molecule has 0 radical (unpaired) electrons. The van der Waals surface area contributed by atoms with E-state index in [2.05, 4.69) is 5.32 Å². The molecule has 4 aromatic rings. The van der Waals surface area contributed by atoms with Gasteiger partial charge in [0.2, 0.25) is 5.91 Å². The maximum Gasteiger partial charge on any atom is 0.303 e. The number of anilines is 1. The van der Waals surface area contributed by atoms with Gasteiger partial charge in [0.1, 0.15) is 5.65 Å². The second-order valence-corrected chi connectivity index (χ2v) is 10.9. The van der Waals surface area contributed by atoms with Gasteiger partial charge in [-0.2, -0.15) is 0 Å². The van der Waals surface area contributed by atoms with Crippen LogP contribution in [0.5, 0.6) is 0 Å². The van der Waals surface area contributed by atoms with Gasteiger partial charge in [-0.05, 0) is 54.8 Å². The number of fused-ring (bicyclic) bond motifs is 1. The monoisotopic (exact) mass is 585 g/mol. The van der Waals surface area contributed by atoms with Gasteiger partial charge in [0.05, 0.1) is 22.8 Å². The van der Waals surface area contributed by atoms with Gasteiger partial charge in [-0.1, -0.05) is 60.8 Å². The van der Waals surface area contributed by atoms with Crippen LogP contribution in [0.4, 0.5) is 5.69 Å². The third-order valence-corrected chi connectivity index (χ3v) is 6.99. The molecule has 0 saturated carbocycles. The van der Waals surface area contributed by atoms with E-state index in [9.17, 15) is 14.4 Å². The molecule has 0 bridgehead atoms. The summed E-state index contributed by atoms with van der Waals surface area (Å²) in [5.74, 6) is -1.47. The summed E-state index contributed by atoms with van der Waals surface area (Å²) >= 11 is 18.9. The SMILES string of the molecule is Cc1c(NC(=O)CCC(=O)O)c2cc(-c3ccc(Cl)cc3)c(-c3ccc(Cl)cc3Cl)nc2n(CC(C)C)c1=O. The number of rotatable bonds is 8. The molecular weight excluding hydrogens is 561 g/mol. The number of carbonyl (C=O) groups excluding carboxylic acids is 1. The van der Waals surface area contributed by atoms with Crippen LogP contribution in [0, 0.1) is 12.8 Å². The molecule has 39 heavy (non-hydrogen) atoms. The van der Waals surface area contributed by atoms with Crippen molar-refractivity contribution in [1.29, 1.82) is 0 Å². The average Bonchev–Trinajstić information content (AvgIpc) is 2.88. The molecule has 0 saturated heterocycles. The highest BCUT2D eigenvalue weighted by Gasteiger charge is 2.22. The van der Waals surface area contributed by atoms with Gasteiger partial charge < -0.3 is 10.4 Å². The van der Waals surface area contributed by atoms with Crippen LogP contribution in [0.1, 0.15) is 32.3 Å². The van der Waals surface area contributed by atoms with Gasteiger partial charge in [0, 0.05) is 45.1 Å². The number of hydrogen-bond acceptors (Lipinski definition) is 4. The smallest absolute Gasteiger partial charge is 0.303 e. The predicted octanol–water partition coefficient (Wildman–Crippen LogP) is 7.46. The molecule has 0 aliphatic carbocycles. The number of halogens is 3. The van der Waals surface area contributed by atoms with Gasteiger partial charge in [0.25, 0.3) is 5.56 Å². The number of carboxylic acid groups (broad SMARTS) is 1. The van der Waals surface area contributed by atoms with E-state index < -0.39 is 11.9 Å². The third-order valence-electron chi connectivity index (χ3n) is 6.19. The van der Waals surface area contributed by atoms with Crippen LogP contribution >= 0.6 is 34.8 Å². The van der Waals surface area contributed by atoms with Crippen LogP contribution in [0.25, 0.3) is 33.4 Å². The van der Waals surface area contributed by atoms with Crippen LogP contribution in [-0.4, -0.2) is 26.5 Å². The number of carboxylic acids is 1. The summed E-state index contributed by atoms with van der Waals surface area (Å²) in [4.78, 5) is 42.3. The zero-order valence-corrected chi connectivity index (χ0v) is 23.8. The number of benzene rings is 2. The zero-order chi connectivity index (χ0) is 28.4. The molecule has 0 fully saturated rings. The Hall–Kier alpha value is -3.39. The first-order chi connectivity index (χ1) is 18.5. The van der Waals surface area contributed by atoms with E-state index >= 15 is 0 Å². The summed E-state index contributed by atoms with van der Waals surface area (Å²) in [5.41, 5.74) is 3.31. The topological polar surface area (TPSA) is 101 Å². The Labute approximate surface area is 240 Å². The molecule has 0 aliphatic rings. The largest absolute Gasteiger partial charge is 0.481 e. The average molecular weight is 587 g/mol. The van der Waals surface area contributed by atoms with Gasteiger partial charge in [0.15, 0.2) is 0 Å². The third kappa shape index (κ3) is 6.27. The van der Waals surface area contributed by atoms with Crippen LogP contribution in [0.3, 0.4) is 0 Å². The second kappa shape index (κ2) is 11.8. The molecule has 7 nitrogen and oxygen atoms in total.